The Bertz CT molecular complexity index is 542. The molecule has 0 heterocycles. The predicted molar refractivity (Wildman–Crippen MR) is 78.2 cm³/mol. The second kappa shape index (κ2) is 7.85. The van der Waals surface area contributed by atoms with Gasteiger partial charge in [0.05, 0.1) is 7.11 Å². The van der Waals surface area contributed by atoms with E-state index < -0.39 is 30.6 Å². The van der Waals surface area contributed by atoms with Gasteiger partial charge in [-0.05, 0) is 30.2 Å². The molecule has 1 rings (SSSR count). The summed E-state index contributed by atoms with van der Waals surface area (Å²) in [5.74, 6) is -1.23. The Morgan fingerprint density at radius 3 is 2.17 bits per heavy atom. The number of benzene rings is 1. The van der Waals surface area contributed by atoms with E-state index in [1.807, 2.05) is 0 Å². The number of halogens is 3. The van der Waals surface area contributed by atoms with Crippen molar-refractivity contribution in [3.8, 4) is 5.75 Å². The largest absolute Gasteiger partial charge is 0.497 e. The van der Waals surface area contributed by atoms with Crippen molar-refractivity contribution in [3.63, 3.8) is 0 Å². The molecule has 0 bridgehead atoms. The van der Waals surface area contributed by atoms with Crippen molar-refractivity contribution in [3.05, 3.63) is 29.8 Å². The minimum Gasteiger partial charge on any atom is -0.497 e. The number of amides is 2. The van der Waals surface area contributed by atoms with Crippen LogP contribution in [0.2, 0.25) is 0 Å². The summed E-state index contributed by atoms with van der Waals surface area (Å²) in [6.45, 7) is 1.83. The van der Waals surface area contributed by atoms with Gasteiger partial charge in [0.15, 0.2) is 0 Å². The van der Waals surface area contributed by atoms with E-state index in [9.17, 15) is 22.8 Å². The Labute approximate surface area is 132 Å². The molecule has 5 nitrogen and oxygen atoms in total. The molecule has 1 atom stereocenters. The molecule has 0 aliphatic carbocycles. The molecule has 0 saturated carbocycles. The number of carbonyl (C=O) groups excluding carboxylic acids is 2. The number of ether oxygens (including phenoxy) is 1. The standard InChI is InChI=1S/C15H19F3N2O3/c1-9(2)12(14(22)19-8-15(16,17)18)20-13(21)10-4-6-11(23-3)7-5-10/h4-7,9,12H,8H2,1-3H3,(H,19,22)(H,20,21)/t12-/m0/s1. The number of hydrogen-bond donors (Lipinski definition) is 2. The summed E-state index contributed by atoms with van der Waals surface area (Å²) in [7, 11) is 1.48. The Kier molecular flexibility index (Phi) is 6.41. The number of alkyl halides is 3. The van der Waals surface area contributed by atoms with Crippen LogP contribution in [0.1, 0.15) is 24.2 Å². The van der Waals surface area contributed by atoms with Gasteiger partial charge in [-0.2, -0.15) is 13.2 Å². The van der Waals surface area contributed by atoms with Crippen molar-refractivity contribution >= 4 is 11.8 Å². The fraction of sp³-hybridized carbons (Fsp3) is 0.467. The Hall–Kier alpha value is -2.25. The van der Waals surface area contributed by atoms with E-state index in [-0.39, 0.29) is 11.5 Å². The third-order valence-electron chi connectivity index (χ3n) is 3.05. The highest BCUT2D eigenvalue weighted by molar-refractivity contribution is 5.97. The van der Waals surface area contributed by atoms with E-state index in [0.717, 1.165) is 0 Å². The van der Waals surface area contributed by atoms with Crippen LogP contribution in [0.5, 0.6) is 5.75 Å². The van der Waals surface area contributed by atoms with E-state index >= 15 is 0 Å². The molecule has 0 fully saturated rings. The summed E-state index contributed by atoms with van der Waals surface area (Å²) in [6.07, 6.45) is -4.50. The normalized spacial score (nSPS) is 12.7. The Morgan fingerprint density at radius 2 is 1.74 bits per heavy atom. The number of hydrogen-bond acceptors (Lipinski definition) is 3. The van der Waals surface area contributed by atoms with Gasteiger partial charge in [-0.25, -0.2) is 0 Å². The molecule has 0 unspecified atom stereocenters. The lowest BCUT2D eigenvalue weighted by molar-refractivity contribution is -0.140. The van der Waals surface area contributed by atoms with Gasteiger partial charge in [0.1, 0.15) is 18.3 Å². The van der Waals surface area contributed by atoms with Crippen molar-refractivity contribution in [2.75, 3.05) is 13.7 Å². The van der Waals surface area contributed by atoms with Crippen LogP contribution in [0.25, 0.3) is 0 Å². The molecule has 0 saturated heterocycles. The average Bonchev–Trinajstić information content (AvgIpc) is 2.49. The first kappa shape index (κ1) is 18.8. The second-order valence-electron chi connectivity index (χ2n) is 5.26. The van der Waals surface area contributed by atoms with Crippen LogP contribution in [0.4, 0.5) is 13.2 Å². The van der Waals surface area contributed by atoms with Crippen molar-refractivity contribution in [1.82, 2.24) is 10.6 Å². The fourth-order valence-electron chi connectivity index (χ4n) is 1.80. The maximum Gasteiger partial charge on any atom is 0.405 e. The van der Waals surface area contributed by atoms with Crippen LogP contribution in [-0.4, -0.2) is 37.7 Å². The summed E-state index contributed by atoms with van der Waals surface area (Å²) in [5.41, 5.74) is 0.278. The highest BCUT2D eigenvalue weighted by Gasteiger charge is 2.31. The van der Waals surface area contributed by atoms with Gasteiger partial charge in [0.2, 0.25) is 5.91 Å². The zero-order valence-electron chi connectivity index (χ0n) is 13.0. The molecule has 128 valence electrons. The molecule has 0 aromatic heterocycles. The van der Waals surface area contributed by atoms with Crippen molar-refractivity contribution in [1.29, 1.82) is 0 Å². The maximum atomic E-state index is 12.2. The van der Waals surface area contributed by atoms with E-state index in [2.05, 4.69) is 5.32 Å². The molecule has 1 aromatic rings. The number of nitrogens with one attached hydrogen (secondary N) is 2. The summed E-state index contributed by atoms with van der Waals surface area (Å²) in [6, 6.07) is 5.08. The topological polar surface area (TPSA) is 67.4 Å². The predicted octanol–water partition coefficient (Wildman–Crippen LogP) is 2.13. The first-order valence-electron chi connectivity index (χ1n) is 6.93. The van der Waals surface area contributed by atoms with E-state index in [4.69, 9.17) is 4.74 Å². The lowest BCUT2D eigenvalue weighted by atomic mass is 10.0. The van der Waals surface area contributed by atoms with Gasteiger partial charge < -0.3 is 15.4 Å². The first-order chi connectivity index (χ1) is 10.6. The van der Waals surface area contributed by atoms with E-state index in [1.54, 1.807) is 31.3 Å². The smallest absolute Gasteiger partial charge is 0.405 e. The first-order valence-corrected chi connectivity index (χ1v) is 6.93. The summed E-state index contributed by atoms with van der Waals surface area (Å²) in [4.78, 5) is 24.0. The quantitative estimate of drug-likeness (QED) is 0.839. The molecule has 0 aliphatic heterocycles. The zero-order chi connectivity index (χ0) is 17.6. The number of rotatable bonds is 6. The zero-order valence-corrected chi connectivity index (χ0v) is 13.0. The molecule has 1 aromatic carbocycles. The molecule has 8 heteroatoms. The van der Waals surface area contributed by atoms with Gasteiger partial charge in [0, 0.05) is 5.56 Å². The molecular weight excluding hydrogens is 313 g/mol. The highest BCUT2D eigenvalue weighted by Crippen LogP contribution is 2.14. The van der Waals surface area contributed by atoms with Crippen LogP contribution in [-0.2, 0) is 4.79 Å². The molecular formula is C15H19F3N2O3. The van der Waals surface area contributed by atoms with Gasteiger partial charge >= 0.3 is 6.18 Å². The summed E-state index contributed by atoms with van der Waals surface area (Å²) >= 11 is 0. The van der Waals surface area contributed by atoms with E-state index in [0.29, 0.717) is 5.75 Å². The monoisotopic (exact) mass is 332 g/mol. The van der Waals surface area contributed by atoms with Crippen molar-refractivity contribution in [2.45, 2.75) is 26.1 Å². The van der Waals surface area contributed by atoms with Gasteiger partial charge in [0.25, 0.3) is 5.91 Å². The molecule has 2 N–H and O–H groups in total. The molecule has 2 amide bonds. The van der Waals surface area contributed by atoms with Crippen molar-refractivity contribution in [2.24, 2.45) is 5.92 Å². The van der Waals surface area contributed by atoms with Crippen LogP contribution in [0.15, 0.2) is 24.3 Å². The SMILES string of the molecule is COc1ccc(C(=O)N[C@H](C(=O)NCC(F)(F)F)C(C)C)cc1. The Balaban J connectivity index is 2.74. The maximum absolute atomic E-state index is 12.2. The highest BCUT2D eigenvalue weighted by atomic mass is 19.4. The molecule has 23 heavy (non-hydrogen) atoms. The summed E-state index contributed by atoms with van der Waals surface area (Å²) in [5, 5.41) is 4.23. The van der Waals surface area contributed by atoms with Crippen LogP contribution < -0.4 is 15.4 Å². The van der Waals surface area contributed by atoms with Crippen molar-refractivity contribution < 1.29 is 27.5 Å². The lowest BCUT2D eigenvalue weighted by Crippen LogP contribution is -2.51. The molecule has 0 spiro atoms. The number of carbonyl (C=O) groups is 2. The van der Waals surface area contributed by atoms with Gasteiger partial charge in [-0.1, -0.05) is 13.8 Å². The molecule has 0 radical (unpaired) electrons. The number of methoxy groups -OCH3 is 1. The van der Waals surface area contributed by atoms with Crippen LogP contribution in [0, 0.1) is 5.92 Å². The third-order valence-corrected chi connectivity index (χ3v) is 3.05. The lowest BCUT2D eigenvalue weighted by Gasteiger charge is -2.22. The second-order valence-corrected chi connectivity index (χ2v) is 5.26. The fourth-order valence-corrected chi connectivity index (χ4v) is 1.80. The van der Waals surface area contributed by atoms with Crippen LogP contribution in [0.3, 0.4) is 0 Å². The average molecular weight is 332 g/mol. The minimum absolute atomic E-state index is 0.278. The molecule has 0 aliphatic rings. The van der Waals surface area contributed by atoms with Gasteiger partial charge in [-0.15, -0.1) is 0 Å². The van der Waals surface area contributed by atoms with E-state index in [1.165, 1.54) is 19.2 Å². The minimum atomic E-state index is -4.50. The van der Waals surface area contributed by atoms with Crippen LogP contribution >= 0.6 is 0 Å². The Morgan fingerprint density at radius 1 is 1.17 bits per heavy atom. The summed E-state index contributed by atoms with van der Waals surface area (Å²) < 4.78 is 41.5. The van der Waals surface area contributed by atoms with Gasteiger partial charge in [-0.3, -0.25) is 9.59 Å². The third kappa shape index (κ3) is 6.17.